The average Bonchev–Trinajstić information content (AvgIpc) is 2.87. The fourth-order valence-electron chi connectivity index (χ4n) is 2.69. The van der Waals surface area contributed by atoms with E-state index < -0.39 is 22.5 Å². The molecular formula is C23H25N3O8S2. The number of nitro groups is 1. The van der Waals surface area contributed by atoms with Gasteiger partial charge in [-0.3, -0.25) is 20.9 Å². The number of rotatable bonds is 12. The van der Waals surface area contributed by atoms with Crippen molar-refractivity contribution in [2.45, 2.75) is 29.6 Å². The Bertz CT molecular complexity index is 1160. The molecule has 36 heavy (non-hydrogen) atoms. The summed E-state index contributed by atoms with van der Waals surface area (Å²) in [6, 6.07) is 9.37. The first-order chi connectivity index (χ1) is 17.2. The molecule has 2 rings (SSSR count). The third kappa shape index (κ3) is 8.57. The zero-order valence-electron chi connectivity index (χ0n) is 19.8. The van der Waals surface area contributed by atoms with E-state index in [1.165, 1.54) is 54.0 Å². The summed E-state index contributed by atoms with van der Waals surface area (Å²) in [7, 11) is 5.23. The van der Waals surface area contributed by atoms with E-state index in [0.29, 0.717) is 10.5 Å². The lowest BCUT2D eigenvalue weighted by atomic mass is 10.1. The van der Waals surface area contributed by atoms with Crippen molar-refractivity contribution in [3.8, 4) is 0 Å². The van der Waals surface area contributed by atoms with E-state index in [-0.39, 0.29) is 43.4 Å². The van der Waals surface area contributed by atoms with Gasteiger partial charge in [-0.15, -0.1) is 0 Å². The van der Waals surface area contributed by atoms with Gasteiger partial charge in [0.05, 0.1) is 37.5 Å². The predicted octanol–water partition coefficient (Wildman–Crippen LogP) is 5.04. The quantitative estimate of drug-likeness (QED) is 0.0939. The number of ether oxygens (including phenoxy) is 4. The molecule has 0 radical (unpaired) electrons. The van der Waals surface area contributed by atoms with Gasteiger partial charge in [0.25, 0.3) is 5.69 Å². The molecule has 192 valence electrons. The van der Waals surface area contributed by atoms with Crippen LogP contribution in [-0.4, -0.2) is 56.1 Å². The van der Waals surface area contributed by atoms with Crippen LogP contribution in [0.1, 0.15) is 39.1 Å². The number of benzene rings is 2. The molecule has 2 N–H and O–H groups in total. The lowest BCUT2D eigenvalue weighted by Gasteiger charge is -2.10. The highest BCUT2D eigenvalue weighted by Crippen LogP contribution is 2.39. The molecular weight excluding hydrogens is 510 g/mol. The fourth-order valence-corrected chi connectivity index (χ4v) is 4.66. The number of methoxy groups -OCH3 is 2. The Kier molecular flexibility index (Phi) is 11.2. The van der Waals surface area contributed by atoms with E-state index in [9.17, 15) is 19.7 Å². The molecule has 0 saturated carbocycles. The van der Waals surface area contributed by atoms with Crippen molar-refractivity contribution in [1.29, 1.82) is 10.8 Å². The smallest absolute Gasteiger partial charge is 0.345 e. The first-order valence-corrected chi connectivity index (χ1v) is 12.6. The zero-order chi connectivity index (χ0) is 26.7. The SMILES string of the molecule is COC(=N)CCOC(=O)c1cc(SSc2ccc([N+](=O)[O-])c(C(=O)OCCC(=N)OC)c2)ccc1C. The van der Waals surface area contributed by atoms with Crippen molar-refractivity contribution in [3.63, 3.8) is 0 Å². The van der Waals surface area contributed by atoms with Gasteiger partial charge in [0.1, 0.15) is 18.8 Å². The maximum atomic E-state index is 12.4. The molecule has 2 aromatic rings. The summed E-state index contributed by atoms with van der Waals surface area (Å²) < 4.78 is 19.7. The normalized spacial score (nSPS) is 10.3. The lowest BCUT2D eigenvalue weighted by molar-refractivity contribution is -0.385. The Labute approximate surface area is 215 Å². The van der Waals surface area contributed by atoms with Gasteiger partial charge in [-0.1, -0.05) is 27.7 Å². The number of hydrogen-bond acceptors (Lipinski definition) is 12. The first kappa shape index (κ1) is 28.7. The highest BCUT2D eigenvalue weighted by atomic mass is 33.1. The predicted molar refractivity (Wildman–Crippen MR) is 135 cm³/mol. The van der Waals surface area contributed by atoms with Gasteiger partial charge in [0.15, 0.2) is 11.8 Å². The summed E-state index contributed by atoms with van der Waals surface area (Å²) in [6.07, 6.45) is 0.221. The maximum absolute atomic E-state index is 12.4. The van der Waals surface area contributed by atoms with Gasteiger partial charge in [0.2, 0.25) is 0 Å². The second-order valence-electron chi connectivity index (χ2n) is 7.11. The molecule has 0 unspecified atom stereocenters. The summed E-state index contributed by atoms with van der Waals surface area (Å²) in [6.45, 7) is 1.65. The molecule has 0 saturated heterocycles. The minimum atomic E-state index is -0.875. The Morgan fingerprint density at radius 1 is 0.861 bits per heavy atom. The van der Waals surface area contributed by atoms with Gasteiger partial charge in [-0.25, -0.2) is 9.59 Å². The number of hydrogen-bond donors (Lipinski definition) is 2. The summed E-state index contributed by atoms with van der Waals surface area (Å²) in [4.78, 5) is 36.9. The van der Waals surface area contributed by atoms with Crippen LogP contribution < -0.4 is 0 Å². The van der Waals surface area contributed by atoms with Crippen LogP contribution in [-0.2, 0) is 18.9 Å². The summed E-state index contributed by atoms with van der Waals surface area (Å²) in [5, 5.41) is 26.2. The Morgan fingerprint density at radius 2 is 1.33 bits per heavy atom. The summed E-state index contributed by atoms with van der Waals surface area (Å²) in [5.41, 5.74) is 0.500. The average molecular weight is 536 g/mol. The monoisotopic (exact) mass is 535 g/mol. The van der Waals surface area contributed by atoms with Crippen LogP contribution in [0.5, 0.6) is 0 Å². The molecule has 0 aromatic heterocycles. The molecule has 0 bridgehead atoms. The molecule has 13 heteroatoms. The van der Waals surface area contributed by atoms with Crippen molar-refractivity contribution in [1.82, 2.24) is 0 Å². The van der Waals surface area contributed by atoms with Crippen LogP contribution >= 0.6 is 21.6 Å². The number of carbonyl (C=O) groups is 2. The van der Waals surface area contributed by atoms with Gasteiger partial charge < -0.3 is 18.9 Å². The van der Waals surface area contributed by atoms with Crippen LogP contribution in [0.2, 0.25) is 0 Å². The zero-order valence-corrected chi connectivity index (χ0v) is 21.5. The third-order valence-corrected chi connectivity index (χ3v) is 7.05. The lowest BCUT2D eigenvalue weighted by Crippen LogP contribution is -2.12. The number of carbonyl (C=O) groups excluding carboxylic acids is 2. The molecule has 0 spiro atoms. The topological polar surface area (TPSA) is 162 Å². The second-order valence-corrected chi connectivity index (χ2v) is 9.38. The molecule has 0 amide bonds. The third-order valence-electron chi connectivity index (χ3n) is 4.67. The Balaban J connectivity index is 2.10. The first-order valence-electron chi connectivity index (χ1n) is 10.5. The molecule has 0 aliphatic heterocycles. The Morgan fingerprint density at radius 3 is 1.83 bits per heavy atom. The van der Waals surface area contributed by atoms with Crippen LogP contribution in [0, 0.1) is 27.9 Å². The van der Waals surface area contributed by atoms with Crippen molar-refractivity contribution in [2.75, 3.05) is 27.4 Å². The Hall–Kier alpha value is -3.58. The largest absolute Gasteiger partial charge is 0.484 e. The van der Waals surface area contributed by atoms with Crippen molar-refractivity contribution >= 4 is 51.0 Å². The molecule has 0 heterocycles. The standard InChI is InChI=1S/C23H25N3O8S2/c1-14-4-5-15(12-17(14)22(27)33-10-8-20(24)31-2)35-36-16-6-7-19(26(29)30)18(13-16)23(28)34-11-9-21(25)32-3/h4-7,12-13,24-25H,8-11H2,1-3H3. The minimum Gasteiger partial charge on any atom is -0.484 e. The highest BCUT2D eigenvalue weighted by Gasteiger charge is 2.22. The molecule has 0 atom stereocenters. The summed E-state index contributed by atoms with van der Waals surface area (Å²) >= 11 is 0. The van der Waals surface area contributed by atoms with E-state index in [0.717, 1.165) is 10.5 Å². The number of esters is 2. The van der Waals surface area contributed by atoms with E-state index in [1.807, 2.05) is 6.07 Å². The number of nitrogens with one attached hydrogen (secondary N) is 2. The van der Waals surface area contributed by atoms with Crippen molar-refractivity contribution in [2.24, 2.45) is 0 Å². The second kappa shape index (κ2) is 14.1. The van der Waals surface area contributed by atoms with Gasteiger partial charge in [-0.05, 0) is 36.8 Å². The molecule has 0 aliphatic carbocycles. The number of nitrogens with zero attached hydrogens (tertiary/aromatic N) is 1. The number of aryl methyl sites for hydroxylation is 1. The van der Waals surface area contributed by atoms with Gasteiger partial charge in [-0.2, -0.15) is 0 Å². The van der Waals surface area contributed by atoms with Gasteiger partial charge >= 0.3 is 11.9 Å². The molecule has 2 aromatic carbocycles. The number of nitro benzene ring substituents is 1. The van der Waals surface area contributed by atoms with Crippen LogP contribution in [0.4, 0.5) is 5.69 Å². The van der Waals surface area contributed by atoms with Gasteiger partial charge in [0, 0.05) is 15.9 Å². The highest BCUT2D eigenvalue weighted by molar-refractivity contribution is 8.76. The van der Waals surface area contributed by atoms with E-state index >= 15 is 0 Å². The van der Waals surface area contributed by atoms with Crippen molar-refractivity contribution < 1.29 is 33.5 Å². The molecule has 11 nitrogen and oxygen atoms in total. The maximum Gasteiger partial charge on any atom is 0.345 e. The van der Waals surface area contributed by atoms with Crippen LogP contribution in [0.25, 0.3) is 0 Å². The minimum absolute atomic E-state index is 0.0148. The van der Waals surface area contributed by atoms with E-state index in [4.69, 9.17) is 29.8 Å². The van der Waals surface area contributed by atoms with Crippen molar-refractivity contribution in [3.05, 3.63) is 63.2 Å². The van der Waals surface area contributed by atoms with Crippen LogP contribution in [0.3, 0.4) is 0 Å². The molecule has 0 aliphatic rings. The molecule has 0 fully saturated rings. The van der Waals surface area contributed by atoms with E-state index in [2.05, 4.69) is 0 Å². The van der Waals surface area contributed by atoms with E-state index in [1.54, 1.807) is 19.1 Å². The summed E-state index contributed by atoms with van der Waals surface area (Å²) in [5.74, 6) is -1.46. The van der Waals surface area contributed by atoms with Crippen LogP contribution in [0.15, 0.2) is 46.2 Å². The fraction of sp³-hybridized carbons (Fsp3) is 0.304.